The monoisotopic (exact) mass is 334 g/mol. The second-order valence-corrected chi connectivity index (χ2v) is 5.49. The van der Waals surface area contributed by atoms with Crippen molar-refractivity contribution in [3.05, 3.63) is 5.82 Å². The summed E-state index contributed by atoms with van der Waals surface area (Å²) in [6.45, 7) is 5.54. The molecule has 0 aliphatic heterocycles. The van der Waals surface area contributed by atoms with Crippen LogP contribution in [0.15, 0.2) is 0 Å². The van der Waals surface area contributed by atoms with Gasteiger partial charge in [0.05, 0.1) is 12.6 Å². The molecule has 0 bridgehead atoms. The molecule has 0 aliphatic carbocycles. The van der Waals surface area contributed by atoms with E-state index in [2.05, 4.69) is 48.1 Å². The molecular formula is C15H26N8O. The first kappa shape index (κ1) is 18.1. The van der Waals surface area contributed by atoms with Crippen LogP contribution in [0.5, 0.6) is 0 Å². The van der Waals surface area contributed by atoms with Crippen molar-refractivity contribution in [1.29, 1.82) is 0 Å². The van der Waals surface area contributed by atoms with Gasteiger partial charge in [-0.3, -0.25) is 0 Å². The van der Waals surface area contributed by atoms with Crippen LogP contribution in [0.25, 0.3) is 11.0 Å². The lowest BCUT2D eigenvalue weighted by Gasteiger charge is -2.13. The van der Waals surface area contributed by atoms with E-state index in [-0.39, 0.29) is 0 Å². The zero-order valence-corrected chi connectivity index (χ0v) is 14.6. The normalized spacial score (nSPS) is 12.2. The molecule has 9 heteroatoms. The number of rotatable bonds is 9. The van der Waals surface area contributed by atoms with Gasteiger partial charge in [0.15, 0.2) is 11.6 Å². The maximum absolute atomic E-state index is 9.33. The van der Waals surface area contributed by atoms with Crippen molar-refractivity contribution in [3.63, 3.8) is 0 Å². The predicted molar refractivity (Wildman–Crippen MR) is 96.4 cm³/mol. The molecule has 24 heavy (non-hydrogen) atoms. The lowest BCUT2D eigenvalue weighted by atomic mass is 10.3. The minimum absolute atomic E-state index is 0.419. The molecule has 2 heterocycles. The van der Waals surface area contributed by atoms with E-state index in [1.165, 1.54) is 0 Å². The third kappa shape index (κ3) is 4.39. The third-order valence-electron chi connectivity index (χ3n) is 3.32. The Morgan fingerprint density at radius 2 is 1.67 bits per heavy atom. The summed E-state index contributed by atoms with van der Waals surface area (Å²) >= 11 is 0. The van der Waals surface area contributed by atoms with E-state index in [1.54, 1.807) is 21.0 Å². The van der Waals surface area contributed by atoms with Crippen molar-refractivity contribution in [1.82, 2.24) is 25.3 Å². The molecule has 2 aromatic heterocycles. The number of hydrogen-bond acceptors (Lipinski definition) is 9. The second kappa shape index (κ2) is 8.55. The Kier molecular flexibility index (Phi) is 6.44. The number of fused-ring (bicyclic) bond motifs is 1. The number of aliphatic hydroxyl groups excluding tert-OH is 1. The molecule has 0 amide bonds. The van der Waals surface area contributed by atoms with Gasteiger partial charge < -0.3 is 26.4 Å². The fourth-order valence-electron chi connectivity index (χ4n) is 2.20. The number of anilines is 3. The quantitative estimate of drug-likeness (QED) is 0.453. The van der Waals surface area contributed by atoms with Crippen LogP contribution < -0.4 is 21.3 Å². The zero-order valence-electron chi connectivity index (χ0n) is 14.6. The molecule has 132 valence electrons. The minimum Gasteiger partial charge on any atom is -0.392 e. The summed E-state index contributed by atoms with van der Waals surface area (Å²) in [6, 6.07) is 0. The molecule has 0 fully saturated rings. The Bertz CT molecular complexity index is 676. The van der Waals surface area contributed by atoms with E-state index < -0.39 is 6.10 Å². The largest absolute Gasteiger partial charge is 0.392 e. The van der Waals surface area contributed by atoms with Gasteiger partial charge >= 0.3 is 0 Å². The van der Waals surface area contributed by atoms with Crippen LogP contribution in [0.3, 0.4) is 0 Å². The molecule has 0 spiro atoms. The Morgan fingerprint density at radius 1 is 1.00 bits per heavy atom. The van der Waals surface area contributed by atoms with Crippen molar-refractivity contribution in [2.75, 3.05) is 43.1 Å². The third-order valence-corrected chi connectivity index (χ3v) is 3.32. The van der Waals surface area contributed by atoms with Crippen LogP contribution in [0.2, 0.25) is 0 Å². The lowest BCUT2D eigenvalue weighted by Crippen LogP contribution is -2.25. The maximum Gasteiger partial charge on any atom is 0.225 e. The Labute approximate surface area is 141 Å². The summed E-state index contributed by atoms with van der Waals surface area (Å²) in [7, 11) is 3.60. The predicted octanol–water partition coefficient (Wildman–Crippen LogP) is 0.795. The van der Waals surface area contributed by atoms with E-state index >= 15 is 0 Å². The fourth-order valence-corrected chi connectivity index (χ4v) is 2.20. The molecule has 0 aliphatic rings. The Hall–Kier alpha value is -2.26. The van der Waals surface area contributed by atoms with E-state index in [9.17, 15) is 5.11 Å². The van der Waals surface area contributed by atoms with Gasteiger partial charge in [-0.25, -0.2) is 15.0 Å². The van der Waals surface area contributed by atoms with Gasteiger partial charge in [-0.2, -0.15) is 4.98 Å². The molecule has 0 radical (unpaired) electrons. The van der Waals surface area contributed by atoms with Crippen molar-refractivity contribution < 1.29 is 5.11 Å². The highest BCUT2D eigenvalue weighted by Crippen LogP contribution is 2.25. The first-order chi connectivity index (χ1) is 11.6. The molecule has 1 unspecified atom stereocenters. The van der Waals surface area contributed by atoms with Crippen LogP contribution in [0.4, 0.5) is 17.6 Å². The highest BCUT2D eigenvalue weighted by atomic mass is 16.3. The van der Waals surface area contributed by atoms with E-state index in [4.69, 9.17) is 0 Å². The number of nitrogens with one attached hydrogen (secondary N) is 4. The van der Waals surface area contributed by atoms with Crippen LogP contribution in [0, 0.1) is 0 Å². The highest BCUT2D eigenvalue weighted by molar-refractivity contribution is 5.93. The second-order valence-electron chi connectivity index (χ2n) is 5.49. The van der Waals surface area contributed by atoms with Crippen molar-refractivity contribution in [2.24, 2.45) is 0 Å². The molecule has 0 aromatic carbocycles. The number of hydrogen-bond donors (Lipinski definition) is 5. The average molecular weight is 334 g/mol. The lowest BCUT2D eigenvalue weighted by molar-refractivity contribution is 0.190. The number of nitrogens with zero attached hydrogens (tertiary/aromatic N) is 4. The molecule has 5 N–H and O–H groups in total. The maximum atomic E-state index is 9.33. The van der Waals surface area contributed by atoms with Crippen molar-refractivity contribution >= 4 is 28.6 Å². The van der Waals surface area contributed by atoms with Crippen LogP contribution in [0.1, 0.15) is 26.1 Å². The molecule has 0 saturated carbocycles. The number of aliphatic hydroxyl groups is 1. The van der Waals surface area contributed by atoms with E-state index in [0.29, 0.717) is 47.5 Å². The van der Waals surface area contributed by atoms with Gasteiger partial charge in [0, 0.05) is 27.2 Å². The van der Waals surface area contributed by atoms with Gasteiger partial charge in [-0.1, -0.05) is 6.92 Å². The molecule has 1 atom stereocenters. The van der Waals surface area contributed by atoms with Crippen LogP contribution in [-0.4, -0.2) is 58.3 Å². The topological polar surface area (TPSA) is 120 Å². The van der Waals surface area contributed by atoms with Crippen LogP contribution >= 0.6 is 0 Å². The molecule has 9 nitrogen and oxygen atoms in total. The molecule has 0 saturated heterocycles. The first-order valence-corrected chi connectivity index (χ1v) is 8.15. The van der Waals surface area contributed by atoms with Crippen molar-refractivity contribution in [3.8, 4) is 0 Å². The highest BCUT2D eigenvalue weighted by Gasteiger charge is 2.14. The van der Waals surface area contributed by atoms with Crippen molar-refractivity contribution in [2.45, 2.75) is 32.9 Å². The molecular weight excluding hydrogens is 308 g/mol. The van der Waals surface area contributed by atoms with Gasteiger partial charge in [-0.15, -0.1) is 0 Å². The first-order valence-electron chi connectivity index (χ1n) is 8.15. The minimum atomic E-state index is -0.419. The summed E-state index contributed by atoms with van der Waals surface area (Å²) in [5, 5.41) is 21.8. The summed E-state index contributed by atoms with van der Waals surface area (Å²) in [4.78, 5) is 18.1. The fraction of sp³-hybridized carbons (Fsp3) is 0.600. The standard InChI is InChI=1S/C15H26N8O/c1-5-6-19-15-22-12-11(14(17-4)23-15)20-10(21-13(12)16-3)8-18-7-9(2)24/h9,18,24H,5-8H2,1-4H3,(H,16,20,21)(H2,17,19,22,23). The Balaban J connectivity index is 2.40. The summed E-state index contributed by atoms with van der Waals surface area (Å²) in [5.74, 6) is 2.46. The summed E-state index contributed by atoms with van der Waals surface area (Å²) in [5.41, 5.74) is 1.32. The SMILES string of the molecule is CCCNc1nc(NC)c2nc(CNCC(C)O)nc(NC)c2n1. The average Bonchev–Trinajstić information content (AvgIpc) is 2.58. The smallest absolute Gasteiger partial charge is 0.225 e. The van der Waals surface area contributed by atoms with Gasteiger partial charge in [-0.05, 0) is 13.3 Å². The summed E-state index contributed by atoms with van der Waals surface area (Å²) in [6.07, 6.45) is 0.567. The van der Waals surface area contributed by atoms with Gasteiger partial charge in [0.25, 0.3) is 0 Å². The summed E-state index contributed by atoms with van der Waals surface area (Å²) < 4.78 is 0. The van der Waals surface area contributed by atoms with Crippen LogP contribution in [-0.2, 0) is 6.54 Å². The molecule has 2 aromatic rings. The Morgan fingerprint density at radius 3 is 2.29 bits per heavy atom. The van der Waals surface area contributed by atoms with E-state index in [0.717, 1.165) is 13.0 Å². The zero-order chi connectivity index (χ0) is 17.5. The number of aromatic nitrogens is 4. The van der Waals surface area contributed by atoms with Gasteiger partial charge in [0.2, 0.25) is 5.95 Å². The van der Waals surface area contributed by atoms with E-state index in [1.807, 2.05) is 0 Å². The van der Waals surface area contributed by atoms with Gasteiger partial charge in [0.1, 0.15) is 16.9 Å². The molecule has 2 rings (SSSR count).